The molecule has 0 saturated heterocycles. The van der Waals surface area contributed by atoms with E-state index in [1.54, 1.807) is 0 Å². The topological polar surface area (TPSA) is 12.0 Å². The number of fused-ring (bicyclic) bond motifs is 1. The second-order valence-corrected chi connectivity index (χ2v) is 4.31. The molecule has 0 spiro atoms. The lowest BCUT2D eigenvalue weighted by Crippen LogP contribution is -1.94. The minimum Gasteiger partial charge on any atom is -0.353 e. The van der Waals surface area contributed by atoms with Gasteiger partial charge in [-0.15, -0.1) is 0 Å². The van der Waals surface area contributed by atoms with Gasteiger partial charge >= 0.3 is 0 Å². The summed E-state index contributed by atoms with van der Waals surface area (Å²) in [6.45, 7) is 0. The van der Waals surface area contributed by atoms with E-state index in [9.17, 15) is 8.78 Å². The van der Waals surface area contributed by atoms with Gasteiger partial charge in [-0.3, -0.25) is 0 Å². The van der Waals surface area contributed by atoms with E-state index in [4.69, 9.17) is 0 Å². The molecule has 0 heterocycles. The Morgan fingerprint density at radius 1 is 0.737 bits per heavy atom. The lowest BCUT2D eigenvalue weighted by molar-refractivity contribution is 0.586. The number of nitrogens with one attached hydrogen (secondary N) is 1. The molecule has 0 radical (unpaired) electrons. The number of hydrogen-bond acceptors (Lipinski definition) is 1. The van der Waals surface area contributed by atoms with Crippen molar-refractivity contribution >= 4 is 22.1 Å². The average Bonchev–Trinajstić information content (AvgIpc) is 2.42. The molecule has 0 atom stereocenters. The standard InChI is InChI=1S/C16H11F2N/c17-13-6-8-16(15(18)10-13)19-14-7-5-11-3-1-2-4-12(11)9-14/h1-10,19H. The summed E-state index contributed by atoms with van der Waals surface area (Å²) in [7, 11) is 0. The second-order valence-electron chi connectivity index (χ2n) is 4.31. The maximum absolute atomic E-state index is 13.5. The molecular weight excluding hydrogens is 244 g/mol. The molecular formula is C16H11F2N. The highest BCUT2D eigenvalue weighted by atomic mass is 19.1. The van der Waals surface area contributed by atoms with E-state index in [1.165, 1.54) is 12.1 Å². The van der Waals surface area contributed by atoms with E-state index >= 15 is 0 Å². The summed E-state index contributed by atoms with van der Waals surface area (Å²) in [6, 6.07) is 17.1. The molecule has 1 nitrogen and oxygen atoms in total. The average molecular weight is 255 g/mol. The van der Waals surface area contributed by atoms with Gasteiger partial charge in [0.1, 0.15) is 11.6 Å². The molecule has 19 heavy (non-hydrogen) atoms. The van der Waals surface area contributed by atoms with Gasteiger partial charge in [-0.25, -0.2) is 8.78 Å². The van der Waals surface area contributed by atoms with E-state index in [2.05, 4.69) is 5.32 Å². The van der Waals surface area contributed by atoms with Crippen molar-refractivity contribution in [2.75, 3.05) is 5.32 Å². The third-order valence-electron chi connectivity index (χ3n) is 2.96. The van der Waals surface area contributed by atoms with Gasteiger partial charge in [-0.1, -0.05) is 30.3 Å². The molecule has 0 amide bonds. The van der Waals surface area contributed by atoms with Gasteiger partial charge < -0.3 is 5.32 Å². The quantitative estimate of drug-likeness (QED) is 0.689. The van der Waals surface area contributed by atoms with Crippen LogP contribution in [0.3, 0.4) is 0 Å². The zero-order chi connectivity index (χ0) is 13.2. The van der Waals surface area contributed by atoms with Gasteiger partial charge in [0, 0.05) is 11.8 Å². The van der Waals surface area contributed by atoms with E-state index in [0.29, 0.717) is 0 Å². The number of anilines is 2. The van der Waals surface area contributed by atoms with Gasteiger partial charge in [-0.2, -0.15) is 0 Å². The molecule has 1 N–H and O–H groups in total. The summed E-state index contributed by atoms with van der Waals surface area (Å²) in [5.74, 6) is -1.19. The fourth-order valence-corrected chi connectivity index (χ4v) is 2.01. The van der Waals surface area contributed by atoms with E-state index < -0.39 is 11.6 Å². The molecule has 3 aromatic rings. The van der Waals surface area contributed by atoms with Crippen molar-refractivity contribution in [1.29, 1.82) is 0 Å². The Labute approximate surface area is 109 Å². The van der Waals surface area contributed by atoms with Crippen LogP contribution in [0, 0.1) is 11.6 Å². The molecule has 0 fully saturated rings. The van der Waals surface area contributed by atoms with Crippen molar-refractivity contribution in [1.82, 2.24) is 0 Å². The molecule has 0 saturated carbocycles. The van der Waals surface area contributed by atoms with Crippen molar-refractivity contribution in [3.8, 4) is 0 Å². The van der Waals surface area contributed by atoms with Crippen LogP contribution in [0.5, 0.6) is 0 Å². The summed E-state index contributed by atoms with van der Waals surface area (Å²) >= 11 is 0. The highest BCUT2D eigenvalue weighted by molar-refractivity contribution is 5.86. The maximum Gasteiger partial charge on any atom is 0.149 e. The monoisotopic (exact) mass is 255 g/mol. The zero-order valence-corrected chi connectivity index (χ0v) is 10.0. The zero-order valence-electron chi connectivity index (χ0n) is 10.0. The minimum atomic E-state index is -0.604. The number of hydrogen-bond donors (Lipinski definition) is 1. The first kappa shape index (κ1) is 11.7. The highest BCUT2D eigenvalue weighted by Gasteiger charge is 2.04. The normalized spacial score (nSPS) is 10.6. The Balaban J connectivity index is 1.96. The Hall–Kier alpha value is -2.42. The summed E-state index contributed by atoms with van der Waals surface area (Å²) in [6.07, 6.45) is 0. The predicted octanol–water partition coefficient (Wildman–Crippen LogP) is 4.86. The lowest BCUT2D eigenvalue weighted by Gasteiger charge is -2.08. The van der Waals surface area contributed by atoms with Gasteiger partial charge in [0.05, 0.1) is 5.69 Å². The SMILES string of the molecule is Fc1ccc(Nc2ccc3ccccc3c2)c(F)c1. The molecule has 0 bridgehead atoms. The van der Waals surface area contributed by atoms with Crippen LogP contribution in [0.2, 0.25) is 0 Å². The Morgan fingerprint density at radius 2 is 1.53 bits per heavy atom. The molecule has 0 aliphatic carbocycles. The van der Waals surface area contributed by atoms with Gasteiger partial charge in [0.15, 0.2) is 0 Å². The third kappa shape index (κ3) is 2.40. The number of halogens is 2. The summed E-state index contributed by atoms with van der Waals surface area (Å²) in [4.78, 5) is 0. The van der Waals surface area contributed by atoms with Crippen LogP contribution in [0.15, 0.2) is 60.7 Å². The second kappa shape index (κ2) is 4.69. The molecule has 0 aromatic heterocycles. The number of benzene rings is 3. The lowest BCUT2D eigenvalue weighted by atomic mass is 10.1. The van der Waals surface area contributed by atoms with Crippen LogP contribution in [-0.4, -0.2) is 0 Å². The molecule has 3 aromatic carbocycles. The van der Waals surface area contributed by atoms with Crippen molar-refractivity contribution in [3.63, 3.8) is 0 Å². The van der Waals surface area contributed by atoms with E-state index in [1.807, 2.05) is 42.5 Å². The highest BCUT2D eigenvalue weighted by Crippen LogP contribution is 2.24. The summed E-state index contributed by atoms with van der Waals surface area (Å²) in [5.41, 5.74) is 1.03. The predicted molar refractivity (Wildman–Crippen MR) is 73.6 cm³/mol. The molecule has 3 rings (SSSR count). The smallest absolute Gasteiger partial charge is 0.149 e. The van der Waals surface area contributed by atoms with E-state index in [-0.39, 0.29) is 5.69 Å². The largest absolute Gasteiger partial charge is 0.353 e. The van der Waals surface area contributed by atoms with Gasteiger partial charge in [0.25, 0.3) is 0 Å². The first-order chi connectivity index (χ1) is 9.22. The molecule has 3 heteroatoms. The van der Waals surface area contributed by atoms with E-state index in [0.717, 1.165) is 22.5 Å². The first-order valence-electron chi connectivity index (χ1n) is 5.93. The van der Waals surface area contributed by atoms with Crippen molar-refractivity contribution < 1.29 is 8.78 Å². The summed E-state index contributed by atoms with van der Waals surface area (Å²) < 4.78 is 26.4. The van der Waals surface area contributed by atoms with Crippen molar-refractivity contribution in [2.45, 2.75) is 0 Å². The van der Waals surface area contributed by atoms with Gasteiger partial charge in [0.2, 0.25) is 0 Å². The first-order valence-corrected chi connectivity index (χ1v) is 5.93. The Morgan fingerprint density at radius 3 is 2.32 bits per heavy atom. The van der Waals surface area contributed by atoms with Crippen LogP contribution in [0.1, 0.15) is 0 Å². The van der Waals surface area contributed by atoms with Crippen LogP contribution < -0.4 is 5.32 Å². The summed E-state index contributed by atoms with van der Waals surface area (Å²) in [5, 5.41) is 5.13. The molecule has 0 aliphatic rings. The van der Waals surface area contributed by atoms with Crippen LogP contribution in [-0.2, 0) is 0 Å². The molecule has 0 unspecified atom stereocenters. The minimum absolute atomic E-state index is 0.261. The van der Waals surface area contributed by atoms with Crippen molar-refractivity contribution in [3.05, 3.63) is 72.3 Å². The van der Waals surface area contributed by atoms with Crippen LogP contribution in [0.25, 0.3) is 10.8 Å². The molecule has 94 valence electrons. The van der Waals surface area contributed by atoms with Crippen molar-refractivity contribution in [2.24, 2.45) is 0 Å². The van der Waals surface area contributed by atoms with Crippen LogP contribution >= 0.6 is 0 Å². The fraction of sp³-hybridized carbons (Fsp3) is 0. The maximum atomic E-state index is 13.5. The molecule has 0 aliphatic heterocycles. The van der Waals surface area contributed by atoms with Crippen LogP contribution in [0.4, 0.5) is 20.2 Å². The van der Waals surface area contributed by atoms with Gasteiger partial charge in [-0.05, 0) is 35.0 Å². The number of rotatable bonds is 2. The Bertz CT molecular complexity index is 738. The Kier molecular flexibility index (Phi) is 2.88. The fourth-order valence-electron chi connectivity index (χ4n) is 2.01. The third-order valence-corrected chi connectivity index (χ3v) is 2.96.